The minimum absolute atomic E-state index is 0.445. The van der Waals surface area contributed by atoms with Gasteiger partial charge in [0.1, 0.15) is 37.1 Å². The van der Waals surface area contributed by atoms with Crippen molar-refractivity contribution in [3.8, 4) is 52.8 Å². The van der Waals surface area contributed by atoms with Crippen molar-refractivity contribution in [2.45, 2.75) is 19.8 Å². The standard InChI is InChI=1S/C51H39N3O3/c52-46-19-25-49(26-20-46)55-34-40-10-1-37(2-11-40)7-16-43-31-44(17-8-38-3-12-41(13-4-38)35-56-50-27-21-47(53)22-28-50)33-45(32-43)18-9-39-5-14-42(15-6-39)36-57-51-29-23-48(54)24-30-51/h1-6,10-15,19-33H,34-36,52-54H2. The molecule has 0 bridgehead atoms. The normalized spacial score (nSPS) is 10.1. The summed E-state index contributed by atoms with van der Waals surface area (Å²) in [4.78, 5) is 0. The molecule has 6 N–H and O–H groups in total. The molecule has 0 saturated heterocycles. The smallest absolute Gasteiger partial charge is 0.119 e. The quantitative estimate of drug-likeness (QED) is 0.101. The van der Waals surface area contributed by atoms with Gasteiger partial charge in [0.15, 0.2) is 0 Å². The zero-order valence-electron chi connectivity index (χ0n) is 31.2. The lowest BCUT2D eigenvalue weighted by atomic mass is 10.0. The van der Waals surface area contributed by atoms with E-state index in [1.165, 1.54) is 0 Å². The van der Waals surface area contributed by atoms with Crippen LogP contribution < -0.4 is 31.4 Å². The van der Waals surface area contributed by atoms with Crippen LogP contribution in [0.3, 0.4) is 0 Å². The van der Waals surface area contributed by atoms with Gasteiger partial charge in [-0.05, 0) is 144 Å². The van der Waals surface area contributed by atoms with Gasteiger partial charge < -0.3 is 31.4 Å². The Balaban J connectivity index is 1.06. The number of ether oxygens (including phenoxy) is 3. The SMILES string of the molecule is Nc1ccc(OCc2ccc(C#Cc3cc(C#Cc4ccc(COc5ccc(N)cc5)cc4)cc(C#Cc4ccc(COc5ccc(N)cc5)cc4)c3)cc2)cc1. The molecule has 0 amide bonds. The maximum atomic E-state index is 5.89. The van der Waals surface area contributed by atoms with Crippen molar-refractivity contribution in [3.63, 3.8) is 0 Å². The molecule has 0 heterocycles. The number of hydrogen-bond donors (Lipinski definition) is 3. The number of benzene rings is 7. The summed E-state index contributed by atoms with van der Waals surface area (Å²) in [6, 6.07) is 52.2. The molecule has 0 aliphatic heterocycles. The van der Waals surface area contributed by atoms with E-state index in [1.807, 2.05) is 164 Å². The molecule has 7 aromatic rings. The average Bonchev–Trinajstić information content (AvgIpc) is 3.25. The minimum Gasteiger partial charge on any atom is -0.489 e. The summed E-state index contributed by atoms with van der Waals surface area (Å²) in [5.41, 5.74) is 27.7. The Bertz CT molecular complexity index is 2310. The fraction of sp³-hybridized carbons (Fsp3) is 0.0588. The molecular formula is C51H39N3O3. The lowest BCUT2D eigenvalue weighted by molar-refractivity contribution is 0.306. The van der Waals surface area contributed by atoms with Gasteiger partial charge in [-0.15, -0.1) is 0 Å². The Morgan fingerprint density at radius 1 is 0.281 bits per heavy atom. The van der Waals surface area contributed by atoms with E-state index in [0.29, 0.717) is 36.9 Å². The van der Waals surface area contributed by atoms with Gasteiger partial charge in [0, 0.05) is 50.4 Å². The molecule has 7 rings (SSSR count). The summed E-state index contributed by atoms with van der Waals surface area (Å²) < 4.78 is 17.7. The van der Waals surface area contributed by atoms with E-state index in [9.17, 15) is 0 Å². The van der Waals surface area contributed by atoms with Gasteiger partial charge in [0.05, 0.1) is 0 Å². The van der Waals surface area contributed by atoms with E-state index >= 15 is 0 Å². The summed E-state index contributed by atoms with van der Waals surface area (Å²) in [5, 5.41) is 0. The summed E-state index contributed by atoms with van der Waals surface area (Å²) in [6.07, 6.45) is 0. The van der Waals surface area contributed by atoms with E-state index in [0.717, 1.165) is 67.3 Å². The average molecular weight is 742 g/mol. The lowest BCUT2D eigenvalue weighted by Crippen LogP contribution is -1.95. The largest absolute Gasteiger partial charge is 0.489 e. The third-order valence-corrected chi connectivity index (χ3v) is 8.71. The van der Waals surface area contributed by atoms with Crippen LogP contribution in [0.15, 0.2) is 164 Å². The van der Waals surface area contributed by atoms with Crippen LogP contribution in [-0.2, 0) is 19.8 Å². The second-order valence-corrected chi connectivity index (χ2v) is 13.2. The zero-order chi connectivity index (χ0) is 39.2. The molecule has 0 unspecified atom stereocenters. The molecule has 276 valence electrons. The Kier molecular flexibility index (Phi) is 12.0. The highest BCUT2D eigenvalue weighted by Gasteiger charge is 2.02. The van der Waals surface area contributed by atoms with Gasteiger partial charge in [-0.3, -0.25) is 0 Å². The van der Waals surface area contributed by atoms with Crippen LogP contribution in [0.25, 0.3) is 0 Å². The fourth-order valence-corrected chi connectivity index (χ4v) is 5.52. The van der Waals surface area contributed by atoms with Crippen LogP contribution in [-0.4, -0.2) is 0 Å². The van der Waals surface area contributed by atoms with Crippen LogP contribution in [0.1, 0.15) is 50.1 Å². The highest BCUT2D eigenvalue weighted by Crippen LogP contribution is 2.18. The number of nitrogen functional groups attached to an aromatic ring is 3. The van der Waals surface area contributed by atoms with E-state index in [2.05, 4.69) is 35.5 Å². The van der Waals surface area contributed by atoms with Crippen LogP contribution in [0, 0.1) is 35.5 Å². The van der Waals surface area contributed by atoms with Gasteiger partial charge in [-0.1, -0.05) is 71.9 Å². The fourth-order valence-electron chi connectivity index (χ4n) is 5.52. The first-order chi connectivity index (χ1) is 27.9. The van der Waals surface area contributed by atoms with Gasteiger partial charge in [0.25, 0.3) is 0 Å². The molecule has 0 saturated carbocycles. The molecule has 0 fully saturated rings. The molecule has 0 radical (unpaired) electrons. The maximum Gasteiger partial charge on any atom is 0.119 e. The summed E-state index contributed by atoms with van der Waals surface area (Å²) in [7, 11) is 0. The van der Waals surface area contributed by atoms with Gasteiger partial charge >= 0.3 is 0 Å². The highest BCUT2D eigenvalue weighted by atomic mass is 16.5. The second-order valence-electron chi connectivity index (χ2n) is 13.2. The van der Waals surface area contributed by atoms with E-state index in [1.54, 1.807) is 0 Å². The van der Waals surface area contributed by atoms with Crippen LogP contribution >= 0.6 is 0 Å². The first kappa shape index (κ1) is 37.3. The van der Waals surface area contributed by atoms with Crippen molar-refractivity contribution >= 4 is 17.1 Å². The van der Waals surface area contributed by atoms with E-state index in [-0.39, 0.29) is 0 Å². The van der Waals surface area contributed by atoms with Crippen molar-refractivity contribution in [2.75, 3.05) is 17.2 Å². The Morgan fingerprint density at radius 3 is 0.754 bits per heavy atom. The predicted octanol–water partition coefficient (Wildman–Crippen LogP) is 9.37. The molecule has 0 aromatic heterocycles. The zero-order valence-corrected chi connectivity index (χ0v) is 31.2. The molecular weight excluding hydrogens is 703 g/mol. The summed E-state index contributed by atoms with van der Waals surface area (Å²) >= 11 is 0. The molecule has 57 heavy (non-hydrogen) atoms. The topological polar surface area (TPSA) is 106 Å². The molecule has 0 atom stereocenters. The van der Waals surface area contributed by atoms with Crippen LogP contribution in [0.5, 0.6) is 17.2 Å². The molecule has 0 aliphatic carbocycles. The number of hydrogen-bond acceptors (Lipinski definition) is 6. The maximum absolute atomic E-state index is 5.89. The minimum atomic E-state index is 0.445. The molecule has 6 heteroatoms. The first-order valence-corrected chi connectivity index (χ1v) is 18.3. The Hall–Kier alpha value is -7.98. The van der Waals surface area contributed by atoms with Crippen molar-refractivity contribution in [2.24, 2.45) is 0 Å². The van der Waals surface area contributed by atoms with Gasteiger partial charge in [0.2, 0.25) is 0 Å². The highest BCUT2D eigenvalue weighted by molar-refractivity contribution is 5.56. The van der Waals surface area contributed by atoms with E-state index in [4.69, 9.17) is 31.4 Å². The number of nitrogens with two attached hydrogens (primary N) is 3. The third kappa shape index (κ3) is 11.5. The molecule has 0 spiro atoms. The van der Waals surface area contributed by atoms with Crippen molar-refractivity contribution in [1.82, 2.24) is 0 Å². The van der Waals surface area contributed by atoms with Crippen LogP contribution in [0.4, 0.5) is 17.1 Å². The lowest BCUT2D eigenvalue weighted by Gasteiger charge is -2.06. The van der Waals surface area contributed by atoms with E-state index < -0.39 is 0 Å². The van der Waals surface area contributed by atoms with Crippen molar-refractivity contribution < 1.29 is 14.2 Å². The second kappa shape index (κ2) is 18.4. The van der Waals surface area contributed by atoms with Gasteiger partial charge in [-0.25, -0.2) is 0 Å². The van der Waals surface area contributed by atoms with Crippen molar-refractivity contribution in [3.05, 3.63) is 214 Å². The third-order valence-electron chi connectivity index (χ3n) is 8.71. The Labute approximate surface area is 333 Å². The molecule has 6 nitrogen and oxygen atoms in total. The van der Waals surface area contributed by atoms with Crippen molar-refractivity contribution in [1.29, 1.82) is 0 Å². The Morgan fingerprint density at radius 2 is 0.509 bits per heavy atom. The summed E-state index contributed by atoms with van der Waals surface area (Å²) in [5.74, 6) is 22.2. The first-order valence-electron chi connectivity index (χ1n) is 18.3. The molecule has 7 aromatic carbocycles. The predicted molar refractivity (Wildman–Crippen MR) is 229 cm³/mol. The molecule has 0 aliphatic rings. The number of rotatable bonds is 9. The van der Waals surface area contributed by atoms with Crippen LogP contribution in [0.2, 0.25) is 0 Å². The van der Waals surface area contributed by atoms with Gasteiger partial charge in [-0.2, -0.15) is 0 Å². The summed E-state index contributed by atoms with van der Waals surface area (Å²) in [6.45, 7) is 1.34. The number of anilines is 3. The monoisotopic (exact) mass is 741 g/mol.